The fourth-order valence-corrected chi connectivity index (χ4v) is 3.24. The number of hydrogen-bond donors (Lipinski definition) is 2. The SMILES string of the molecule is Nc1ccc2nc(NC3CCCC3)sc2c1. The van der Waals surface area contributed by atoms with E-state index in [0.717, 1.165) is 16.3 Å². The Morgan fingerprint density at radius 2 is 2.12 bits per heavy atom. The van der Waals surface area contributed by atoms with Crippen LogP contribution in [-0.2, 0) is 0 Å². The van der Waals surface area contributed by atoms with Gasteiger partial charge in [0.2, 0.25) is 0 Å². The molecule has 0 spiro atoms. The van der Waals surface area contributed by atoms with E-state index in [0.29, 0.717) is 6.04 Å². The summed E-state index contributed by atoms with van der Waals surface area (Å²) >= 11 is 1.70. The van der Waals surface area contributed by atoms with Crippen molar-refractivity contribution in [3.63, 3.8) is 0 Å². The van der Waals surface area contributed by atoms with Gasteiger partial charge in [-0.2, -0.15) is 0 Å². The molecule has 0 saturated heterocycles. The Morgan fingerprint density at radius 3 is 2.94 bits per heavy atom. The molecule has 1 aromatic heterocycles. The molecule has 3 rings (SSSR count). The Hall–Kier alpha value is -1.29. The summed E-state index contributed by atoms with van der Waals surface area (Å²) in [7, 11) is 0. The highest BCUT2D eigenvalue weighted by atomic mass is 32.1. The fourth-order valence-electron chi connectivity index (χ4n) is 2.25. The Balaban J connectivity index is 1.86. The molecule has 3 nitrogen and oxygen atoms in total. The average Bonchev–Trinajstić information content (AvgIpc) is 2.86. The standard InChI is InChI=1S/C12H15N3S/c13-8-5-6-10-11(7-8)16-12(15-10)14-9-3-1-2-4-9/h5-7,9H,1-4,13H2,(H,14,15). The predicted molar refractivity (Wildman–Crippen MR) is 69.9 cm³/mol. The summed E-state index contributed by atoms with van der Waals surface area (Å²) in [6, 6.07) is 6.51. The van der Waals surface area contributed by atoms with Crippen molar-refractivity contribution in [3.05, 3.63) is 18.2 Å². The van der Waals surface area contributed by atoms with Crippen LogP contribution in [0.4, 0.5) is 10.8 Å². The van der Waals surface area contributed by atoms with Gasteiger partial charge in [-0.05, 0) is 31.0 Å². The zero-order valence-corrected chi connectivity index (χ0v) is 9.89. The lowest BCUT2D eigenvalue weighted by atomic mass is 10.3. The maximum Gasteiger partial charge on any atom is 0.184 e. The molecule has 1 aliphatic rings. The monoisotopic (exact) mass is 233 g/mol. The van der Waals surface area contributed by atoms with Crippen molar-refractivity contribution in [1.29, 1.82) is 0 Å². The summed E-state index contributed by atoms with van der Waals surface area (Å²) in [6.07, 6.45) is 5.24. The molecular weight excluding hydrogens is 218 g/mol. The zero-order valence-electron chi connectivity index (χ0n) is 9.07. The Bertz CT molecular complexity index is 500. The molecule has 84 valence electrons. The molecule has 1 saturated carbocycles. The summed E-state index contributed by atoms with van der Waals surface area (Å²) in [5, 5.41) is 4.55. The number of rotatable bonds is 2. The van der Waals surface area contributed by atoms with Crippen molar-refractivity contribution in [2.45, 2.75) is 31.7 Å². The van der Waals surface area contributed by atoms with Crippen molar-refractivity contribution >= 4 is 32.4 Å². The number of thiazole rings is 1. The van der Waals surface area contributed by atoms with Gasteiger partial charge in [-0.15, -0.1) is 0 Å². The summed E-state index contributed by atoms with van der Waals surface area (Å²) in [6.45, 7) is 0. The van der Waals surface area contributed by atoms with Gasteiger partial charge < -0.3 is 11.1 Å². The molecule has 1 heterocycles. The molecule has 2 aromatic rings. The summed E-state index contributed by atoms with van der Waals surface area (Å²) < 4.78 is 1.17. The van der Waals surface area contributed by atoms with Crippen LogP contribution in [0.15, 0.2) is 18.2 Å². The topological polar surface area (TPSA) is 50.9 Å². The Labute approximate surface area is 98.7 Å². The molecule has 1 aliphatic carbocycles. The number of nitrogen functional groups attached to an aromatic ring is 1. The maximum absolute atomic E-state index is 5.76. The van der Waals surface area contributed by atoms with Crippen LogP contribution >= 0.6 is 11.3 Å². The number of nitrogens with zero attached hydrogens (tertiary/aromatic N) is 1. The highest BCUT2D eigenvalue weighted by molar-refractivity contribution is 7.22. The second-order valence-corrected chi connectivity index (χ2v) is 5.40. The first-order valence-corrected chi connectivity index (χ1v) is 6.55. The van der Waals surface area contributed by atoms with Crippen molar-refractivity contribution in [1.82, 2.24) is 4.98 Å². The third-order valence-corrected chi connectivity index (χ3v) is 4.04. The van der Waals surface area contributed by atoms with Crippen LogP contribution < -0.4 is 11.1 Å². The van der Waals surface area contributed by atoms with Crippen LogP contribution in [0.1, 0.15) is 25.7 Å². The number of hydrogen-bond acceptors (Lipinski definition) is 4. The van der Waals surface area contributed by atoms with E-state index >= 15 is 0 Å². The molecule has 3 N–H and O–H groups in total. The summed E-state index contributed by atoms with van der Waals surface area (Å²) in [4.78, 5) is 4.57. The minimum absolute atomic E-state index is 0.623. The third kappa shape index (κ3) is 1.85. The largest absolute Gasteiger partial charge is 0.399 e. The lowest BCUT2D eigenvalue weighted by Crippen LogP contribution is -2.13. The van der Waals surface area contributed by atoms with Crippen molar-refractivity contribution < 1.29 is 0 Å². The maximum atomic E-state index is 5.76. The van der Waals surface area contributed by atoms with E-state index < -0.39 is 0 Å². The predicted octanol–water partition coefficient (Wildman–Crippen LogP) is 3.23. The Kier molecular flexibility index (Phi) is 2.44. The van der Waals surface area contributed by atoms with Gasteiger partial charge >= 0.3 is 0 Å². The highest BCUT2D eigenvalue weighted by Gasteiger charge is 2.16. The van der Waals surface area contributed by atoms with E-state index in [1.54, 1.807) is 11.3 Å². The molecule has 4 heteroatoms. The molecule has 0 amide bonds. The van der Waals surface area contributed by atoms with E-state index in [2.05, 4.69) is 10.3 Å². The minimum Gasteiger partial charge on any atom is -0.399 e. The molecule has 16 heavy (non-hydrogen) atoms. The molecule has 0 unspecified atom stereocenters. The van der Waals surface area contributed by atoms with Gasteiger partial charge in [-0.25, -0.2) is 4.98 Å². The molecular formula is C12H15N3S. The average molecular weight is 233 g/mol. The second kappa shape index (κ2) is 3.94. The molecule has 1 fully saturated rings. The van der Waals surface area contributed by atoms with Crippen molar-refractivity contribution in [3.8, 4) is 0 Å². The van der Waals surface area contributed by atoms with Crippen LogP contribution in [-0.4, -0.2) is 11.0 Å². The van der Waals surface area contributed by atoms with Crippen LogP contribution in [0.25, 0.3) is 10.2 Å². The number of aromatic nitrogens is 1. The first-order chi connectivity index (χ1) is 7.81. The number of nitrogens with two attached hydrogens (primary N) is 1. The van der Waals surface area contributed by atoms with E-state index in [-0.39, 0.29) is 0 Å². The zero-order chi connectivity index (χ0) is 11.0. The highest BCUT2D eigenvalue weighted by Crippen LogP contribution is 2.30. The number of benzene rings is 1. The molecule has 0 bridgehead atoms. The van der Waals surface area contributed by atoms with Gasteiger partial charge in [0.1, 0.15) is 0 Å². The lowest BCUT2D eigenvalue weighted by Gasteiger charge is -2.09. The van der Waals surface area contributed by atoms with E-state index in [1.807, 2.05) is 18.2 Å². The van der Waals surface area contributed by atoms with Gasteiger partial charge in [0.25, 0.3) is 0 Å². The number of anilines is 2. The van der Waals surface area contributed by atoms with Gasteiger partial charge in [-0.3, -0.25) is 0 Å². The number of nitrogens with one attached hydrogen (secondary N) is 1. The third-order valence-electron chi connectivity index (χ3n) is 3.10. The molecule has 0 aliphatic heterocycles. The smallest absolute Gasteiger partial charge is 0.184 e. The van der Waals surface area contributed by atoms with Crippen LogP contribution in [0, 0.1) is 0 Å². The first kappa shape index (κ1) is 9.90. The van der Waals surface area contributed by atoms with Crippen molar-refractivity contribution in [2.24, 2.45) is 0 Å². The van der Waals surface area contributed by atoms with Gasteiger partial charge in [0, 0.05) is 11.7 Å². The Morgan fingerprint density at radius 1 is 1.31 bits per heavy atom. The second-order valence-electron chi connectivity index (χ2n) is 4.37. The van der Waals surface area contributed by atoms with E-state index in [4.69, 9.17) is 5.73 Å². The van der Waals surface area contributed by atoms with E-state index in [9.17, 15) is 0 Å². The lowest BCUT2D eigenvalue weighted by molar-refractivity contribution is 0.754. The summed E-state index contributed by atoms with van der Waals surface area (Å²) in [5.41, 5.74) is 7.61. The van der Waals surface area contributed by atoms with Crippen molar-refractivity contribution in [2.75, 3.05) is 11.1 Å². The first-order valence-electron chi connectivity index (χ1n) is 5.74. The normalized spacial score (nSPS) is 17.0. The van der Waals surface area contributed by atoms with Gasteiger partial charge in [0.05, 0.1) is 10.2 Å². The quantitative estimate of drug-likeness (QED) is 0.783. The van der Waals surface area contributed by atoms with Gasteiger partial charge in [-0.1, -0.05) is 24.2 Å². The van der Waals surface area contributed by atoms with Crippen LogP contribution in [0.5, 0.6) is 0 Å². The summed E-state index contributed by atoms with van der Waals surface area (Å²) in [5.74, 6) is 0. The minimum atomic E-state index is 0.623. The molecule has 0 atom stereocenters. The number of fused-ring (bicyclic) bond motifs is 1. The molecule has 0 radical (unpaired) electrons. The van der Waals surface area contributed by atoms with Gasteiger partial charge in [0.15, 0.2) is 5.13 Å². The fraction of sp³-hybridized carbons (Fsp3) is 0.417. The van der Waals surface area contributed by atoms with Crippen LogP contribution in [0.2, 0.25) is 0 Å². The molecule has 1 aromatic carbocycles. The van der Waals surface area contributed by atoms with Crippen LogP contribution in [0.3, 0.4) is 0 Å². The van der Waals surface area contributed by atoms with E-state index in [1.165, 1.54) is 30.4 Å².